The van der Waals surface area contributed by atoms with E-state index >= 15 is 0 Å². The van der Waals surface area contributed by atoms with Crippen LogP contribution in [0.5, 0.6) is 0 Å². The van der Waals surface area contributed by atoms with Gasteiger partial charge < -0.3 is 5.11 Å². The second-order valence-corrected chi connectivity index (χ2v) is 6.93. The SMILES string of the molecule is O=C(O)c1cc(I)ccc1NS(=O)(=O)c1ccccc1F. The van der Waals surface area contributed by atoms with Gasteiger partial charge >= 0.3 is 5.97 Å². The molecule has 0 aliphatic heterocycles. The third-order valence-corrected chi connectivity index (χ3v) is 4.65. The van der Waals surface area contributed by atoms with Crippen LogP contribution < -0.4 is 4.72 Å². The van der Waals surface area contributed by atoms with Gasteiger partial charge in [0.1, 0.15) is 10.7 Å². The minimum absolute atomic E-state index is 0.119. The zero-order valence-electron chi connectivity index (χ0n) is 10.4. The molecule has 0 unspecified atom stereocenters. The zero-order chi connectivity index (χ0) is 15.6. The number of sulfonamides is 1. The van der Waals surface area contributed by atoms with Crippen LogP contribution in [-0.4, -0.2) is 19.5 Å². The molecule has 0 saturated heterocycles. The molecule has 0 radical (unpaired) electrons. The first-order chi connectivity index (χ1) is 9.81. The summed E-state index contributed by atoms with van der Waals surface area (Å²) in [6.45, 7) is 0. The number of anilines is 1. The first-order valence-electron chi connectivity index (χ1n) is 5.61. The van der Waals surface area contributed by atoms with Crippen molar-refractivity contribution in [2.75, 3.05) is 4.72 Å². The van der Waals surface area contributed by atoms with E-state index in [1.54, 1.807) is 6.07 Å². The fourth-order valence-electron chi connectivity index (χ4n) is 1.64. The predicted molar refractivity (Wildman–Crippen MR) is 83.3 cm³/mol. The molecule has 0 spiro atoms. The second kappa shape index (κ2) is 5.98. The fraction of sp³-hybridized carbons (Fsp3) is 0. The summed E-state index contributed by atoms with van der Waals surface area (Å²) in [4.78, 5) is 10.6. The number of carboxylic acid groups (broad SMARTS) is 1. The molecule has 0 fully saturated rings. The van der Waals surface area contributed by atoms with Gasteiger partial charge in [-0.05, 0) is 52.9 Å². The van der Waals surface area contributed by atoms with Gasteiger partial charge in [-0.3, -0.25) is 4.72 Å². The molecule has 21 heavy (non-hydrogen) atoms. The van der Waals surface area contributed by atoms with Crippen LogP contribution >= 0.6 is 22.6 Å². The smallest absolute Gasteiger partial charge is 0.337 e. The molecule has 110 valence electrons. The minimum atomic E-state index is -4.20. The molecule has 0 aliphatic rings. The Bertz CT molecular complexity index is 808. The van der Waals surface area contributed by atoms with Crippen molar-refractivity contribution in [3.8, 4) is 0 Å². The summed E-state index contributed by atoms with van der Waals surface area (Å²) in [6.07, 6.45) is 0. The van der Waals surface area contributed by atoms with E-state index in [1.807, 2.05) is 22.6 Å². The Balaban J connectivity index is 2.47. The highest BCUT2D eigenvalue weighted by Crippen LogP contribution is 2.23. The summed E-state index contributed by atoms with van der Waals surface area (Å²) in [5, 5.41) is 9.10. The highest BCUT2D eigenvalue weighted by Gasteiger charge is 2.21. The van der Waals surface area contributed by atoms with Gasteiger partial charge in [0.25, 0.3) is 10.0 Å². The van der Waals surface area contributed by atoms with Gasteiger partial charge in [0.05, 0.1) is 11.3 Å². The molecule has 0 aliphatic carbocycles. The lowest BCUT2D eigenvalue weighted by Gasteiger charge is -2.11. The Morgan fingerprint density at radius 2 is 1.86 bits per heavy atom. The molecule has 0 bridgehead atoms. The van der Waals surface area contributed by atoms with Gasteiger partial charge in [0.15, 0.2) is 0 Å². The monoisotopic (exact) mass is 421 g/mol. The van der Waals surface area contributed by atoms with Crippen molar-refractivity contribution in [1.82, 2.24) is 0 Å². The topological polar surface area (TPSA) is 83.5 Å². The first kappa shape index (κ1) is 15.7. The third kappa shape index (κ3) is 3.50. The molecule has 0 amide bonds. The highest BCUT2D eigenvalue weighted by atomic mass is 127. The average molecular weight is 421 g/mol. The summed E-state index contributed by atoms with van der Waals surface area (Å²) in [5.74, 6) is -2.19. The van der Waals surface area contributed by atoms with Crippen LogP contribution in [0.15, 0.2) is 47.4 Å². The third-order valence-electron chi connectivity index (χ3n) is 2.58. The number of aromatic carboxylic acids is 1. The molecule has 2 N–H and O–H groups in total. The van der Waals surface area contributed by atoms with E-state index in [-0.39, 0.29) is 11.3 Å². The Hall–Kier alpha value is -1.68. The number of benzene rings is 2. The standard InChI is InChI=1S/C13H9FINO4S/c14-10-3-1-2-4-12(10)21(19,20)16-11-6-5-8(15)7-9(11)13(17)18/h1-7,16H,(H,17,18). The van der Waals surface area contributed by atoms with Crippen LogP contribution in [0.1, 0.15) is 10.4 Å². The van der Waals surface area contributed by atoms with Gasteiger partial charge in [-0.25, -0.2) is 17.6 Å². The number of halogens is 2. The molecule has 0 atom stereocenters. The summed E-state index contributed by atoms with van der Waals surface area (Å²) in [7, 11) is -4.20. The Kier molecular flexibility index (Phi) is 4.47. The lowest BCUT2D eigenvalue weighted by Crippen LogP contribution is -2.17. The van der Waals surface area contributed by atoms with Crippen LogP contribution in [0.25, 0.3) is 0 Å². The quantitative estimate of drug-likeness (QED) is 0.744. The van der Waals surface area contributed by atoms with Crippen LogP contribution in [0, 0.1) is 9.39 Å². The molecule has 0 saturated carbocycles. The van der Waals surface area contributed by atoms with Gasteiger partial charge in [0.2, 0.25) is 0 Å². The molecule has 2 rings (SSSR count). The molecule has 5 nitrogen and oxygen atoms in total. The lowest BCUT2D eigenvalue weighted by molar-refractivity contribution is 0.0698. The van der Waals surface area contributed by atoms with E-state index in [9.17, 15) is 17.6 Å². The van der Waals surface area contributed by atoms with Crippen molar-refractivity contribution in [3.05, 3.63) is 57.4 Å². The zero-order valence-corrected chi connectivity index (χ0v) is 13.4. The molecule has 0 aromatic heterocycles. The van der Waals surface area contributed by atoms with Crippen molar-refractivity contribution >= 4 is 44.3 Å². The summed E-state index contributed by atoms with van der Waals surface area (Å²) < 4.78 is 40.6. The number of rotatable bonds is 4. The minimum Gasteiger partial charge on any atom is -0.478 e. The van der Waals surface area contributed by atoms with Crippen molar-refractivity contribution < 1.29 is 22.7 Å². The summed E-state index contributed by atoms with van der Waals surface area (Å²) >= 11 is 1.91. The van der Waals surface area contributed by atoms with E-state index in [1.165, 1.54) is 24.3 Å². The predicted octanol–water partition coefficient (Wildman–Crippen LogP) is 2.93. The van der Waals surface area contributed by atoms with E-state index in [0.29, 0.717) is 3.57 Å². The number of hydrogen-bond donors (Lipinski definition) is 2. The second-order valence-electron chi connectivity index (χ2n) is 4.03. The van der Waals surface area contributed by atoms with Crippen molar-refractivity contribution in [2.45, 2.75) is 4.90 Å². The van der Waals surface area contributed by atoms with E-state index in [0.717, 1.165) is 12.1 Å². The number of carboxylic acids is 1. The van der Waals surface area contributed by atoms with E-state index < -0.39 is 26.7 Å². The fourth-order valence-corrected chi connectivity index (χ4v) is 3.30. The van der Waals surface area contributed by atoms with Gasteiger partial charge in [-0.15, -0.1) is 0 Å². The maximum Gasteiger partial charge on any atom is 0.337 e. The van der Waals surface area contributed by atoms with Crippen molar-refractivity contribution in [1.29, 1.82) is 0 Å². The van der Waals surface area contributed by atoms with E-state index in [4.69, 9.17) is 5.11 Å². The normalized spacial score (nSPS) is 11.1. The molecule has 2 aromatic rings. The van der Waals surface area contributed by atoms with Crippen LogP contribution in [0.4, 0.5) is 10.1 Å². The van der Waals surface area contributed by atoms with Crippen LogP contribution in [0.2, 0.25) is 0 Å². The van der Waals surface area contributed by atoms with Crippen LogP contribution in [0.3, 0.4) is 0 Å². The number of carbonyl (C=O) groups is 1. The summed E-state index contributed by atoms with van der Waals surface area (Å²) in [5.41, 5.74) is -0.326. The maximum absolute atomic E-state index is 13.6. The number of nitrogens with one attached hydrogen (secondary N) is 1. The number of hydrogen-bond acceptors (Lipinski definition) is 3. The Labute approximate surface area is 134 Å². The molecule has 8 heteroatoms. The lowest BCUT2D eigenvalue weighted by atomic mass is 10.2. The Morgan fingerprint density at radius 3 is 2.48 bits per heavy atom. The highest BCUT2D eigenvalue weighted by molar-refractivity contribution is 14.1. The Morgan fingerprint density at radius 1 is 1.19 bits per heavy atom. The first-order valence-corrected chi connectivity index (χ1v) is 8.17. The van der Waals surface area contributed by atoms with Crippen LogP contribution in [-0.2, 0) is 10.0 Å². The van der Waals surface area contributed by atoms with Crippen molar-refractivity contribution in [2.24, 2.45) is 0 Å². The van der Waals surface area contributed by atoms with Gasteiger partial charge in [0, 0.05) is 3.57 Å². The van der Waals surface area contributed by atoms with Gasteiger partial charge in [-0.2, -0.15) is 0 Å². The van der Waals surface area contributed by atoms with Crippen molar-refractivity contribution in [3.63, 3.8) is 0 Å². The molecule has 2 aromatic carbocycles. The summed E-state index contributed by atoms with van der Waals surface area (Å²) in [6, 6.07) is 9.05. The molecule has 0 heterocycles. The molecular formula is C13H9FINO4S. The molecular weight excluding hydrogens is 412 g/mol. The van der Waals surface area contributed by atoms with Gasteiger partial charge in [-0.1, -0.05) is 12.1 Å². The average Bonchev–Trinajstić information content (AvgIpc) is 2.40. The maximum atomic E-state index is 13.6. The van der Waals surface area contributed by atoms with E-state index in [2.05, 4.69) is 4.72 Å². The largest absolute Gasteiger partial charge is 0.478 e.